The molecule has 1 aliphatic rings. The molecule has 3 unspecified atom stereocenters. The summed E-state index contributed by atoms with van der Waals surface area (Å²) in [6.45, 7) is 5.16. The van der Waals surface area contributed by atoms with Crippen molar-refractivity contribution in [3.8, 4) is 5.75 Å². The summed E-state index contributed by atoms with van der Waals surface area (Å²) >= 11 is 0. The van der Waals surface area contributed by atoms with Crippen LogP contribution in [0.4, 0.5) is 0 Å². The molecule has 1 fully saturated rings. The fourth-order valence-electron chi connectivity index (χ4n) is 2.10. The van der Waals surface area contributed by atoms with E-state index in [1.165, 1.54) is 12.0 Å². The van der Waals surface area contributed by atoms with Crippen molar-refractivity contribution in [2.45, 2.75) is 32.7 Å². The van der Waals surface area contributed by atoms with Crippen molar-refractivity contribution in [3.63, 3.8) is 0 Å². The minimum absolute atomic E-state index is 0.204. The third-order valence-corrected chi connectivity index (χ3v) is 3.37. The lowest BCUT2D eigenvalue weighted by Gasteiger charge is -2.12. The van der Waals surface area contributed by atoms with Crippen molar-refractivity contribution in [1.29, 1.82) is 0 Å². The largest absolute Gasteiger partial charge is 0.494 e. The Labute approximate surface area is 97.8 Å². The Morgan fingerprint density at radius 3 is 2.50 bits per heavy atom. The molecule has 0 radical (unpaired) electrons. The first-order valence-electron chi connectivity index (χ1n) is 6.20. The Balaban J connectivity index is 1.96. The predicted molar refractivity (Wildman–Crippen MR) is 66.4 cm³/mol. The van der Waals surface area contributed by atoms with Crippen LogP contribution >= 0.6 is 0 Å². The molecule has 0 spiro atoms. The van der Waals surface area contributed by atoms with Gasteiger partial charge in [-0.25, -0.2) is 0 Å². The number of ether oxygens (including phenoxy) is 1. The summed E-state index contributed by atoms with van der Waals surface area (Å²) in [6, 6.07) is 8.45. The van der Waals surface area contributed by atoms with Crippen LogP contribution < -0.4 is 10.5 Å². The molecule has 16 heavy (non-hydrogen) atoms. The summed E-state index contributed by atoms with van der Waals surface area (Å²) in [7, 11) is 0. The highest BCUT2D eigenvalue weighted by atomic mass is 16.5. The van der Waals surface area contributed by atoms with Crippen LogP contribution in [0.15, 0.2) is 24.3 Å². The zero-order valence-electron chi connectivity index (χ0n) is 10.1. The fourth-order valence-corrected chi connectivity index (χ4v) is 2.10. The second kappa shape index (κ2) is 4.88. The van der Waals surface area contributed by atoms with Crippen molar-refractivity contribution in [3.05, 3.63) is 29.8 Å². The van der Waals surface area contributed by atoms with Crippen LogP contribution in [0.2, 0.25) is 0 Å². The molecule has 1 aromatic rings. The van der Waals surface area contributed by atoms with Crippen molar-refractivity contribution in [2.75, 3.05) is 6.61 Å². The Morgan fingerprint density at radius 1 is 1.38 bits per heavy atom. The molecule has 0 bridgehead atoms. The maximum Gasteiger partial charge on any atom is 0.119 e. The first kappa shape index (κ1) is 11.5. The van der Waals surface area contributed by atoms with Gasteiger partial charge in [-0.05, 0) is 42.4 Å². The zero-order valence-corrected chi connectivity index (χ0v) is 10.1. The molecule has 2 nitrogen and oxygen atoms in total. The van der Waals surface area contributed by atoms with Crippen LogP contribution in [0.5, 0.6) is 5.75 Å². The molecular weight excluding hydrogens is 198 g/mol. The maximum atomic E-state index is 6.20. The molecule has 1 saturated carbocycles. The first-order valence-corrected chi connectivity index (χ1v) is 6.20. The van der Waals surface area contributed by atoms with Gasteiger partial charge in [0, 0.05) is 6.04 Å². The number of hydrogen-bond acceptors (Lipinski definition) is 2. The van der Waals surface area contributed by atoms with Crippen molar-refractivity contribution in [1.82, 2.24) is 0 Å². The minimum Gasteiger partial charge on any atom is -0.494 e. The van der Waals surface area contributed by atoms with Gasteiger partial charge in [0.05, 0.1) is 6.61 Å². The van der Waals surface area contributed by atoms with E-state index in [-0.39, 0.29) is 6.04 Å². The average Bonchev–Trinajstić information content (AvgIpc) is 3.03. The summed E-state index contributed by atoms with van der Waals surface area (Å²) in [6.07, 6.45) is 2.32. The summed E-state index contributed by atoms with van der Waals surface area (Å²) < 4.78 is 5.55. The third kappa shape index (κ3) is 2.56. The van der Waals surface area contributed by atoms with Gasteiger partial charge in [0.2, 0.25) is 0 Å². The molecule has 0 amide bonds. The van der Waals surface area contributed by atoms with Crippen LogP contribution in [-0.2, 0) is 0 Å². The topological polar surface area (TPSA) is 35.2 Å². The van der Waals surface area contributed by atoms with Gasteiger partial charge >= 0.3 is 0 Å². The molecule has 0 saturated heterocycles. The Kier molecular flexibility index (Phi) is 3.49. The summed E-state index contributed by atoms with van der Waals surface area (Å²) in [5.41, 5.74) is 7.43. The van der Waals surface area contributed by atoms with Gasteiger partial charge in [-0.15, -0.1) is 0 Å². The van der Waals surface area contributed by atoms with Crippen LogP contribution in [0.1, 0.15) is 38.3 Å². The van der Waals surface area contributed by atoms with Gasteiger partial charge < -0.3 is 10.5 Å². The van der Waals surface area contributed by atoms with E-state index < -0.39 is 0 Å². The van der Waals surface area contributed by atoms with Gasteiger partial charge in [0.15, 0.2) is 0 Å². The molecule has 1 aromatic carbocycles. The molecule has 1 aliphatic carbocycles. The van der Waals surface area contributed by atoms with Crippen LogP contribution in [0.25, 0.3) is 0 Å². The van der Waals surface area contributed by atoms with Gasteiger partial charge in [0.25, 0.3) is 0 Å². The zero-order chi connectivity index (χ0) is 11.5. The number of rotatable bonds is 5. The fraction of sp³-hybridized carbons (Fsp3) is 0.571. The van der Waals surface area contributed by atoms with Gasteiger partial charge in [0.1, 0.15) is 5.75 Å². The summed E-state index contributed by atoms with van der Waals surface area (Å²) in [5, 5.41) is 0. The highest BCUT2D eigenvalue weighted by Crippen LogP contribution is 2.45. The van der Waals surface area contributed by atoms with Crippen LogP contribution in [-0.4, -0.2) is 6.61 Å². The highest BCUT2D eigenvalue weighted by Gasteiger charge is 2.38. The summed E-state index contributed by atoms with van der Waals surface area (Å²) in [5.74, 6) is 2.43. The second-order valence-corrected chi connectivity index (χ2v) is 4.82. The Hall–Kier alpha value is -1.02. The SMILES string of the molecule is CCCOc1ccc(C(N)C2CC2C)cc1. The molecular formula is C14H21NO. The van der Waals surface area contributed by atoms with E-state index in [1.54, 1.807) is 0 Å². The Bertz CT molecular complexity index is 333. The molecule has 0 aromatic heterocycles. The lowest BCUT2D eigenvalue weighted by atomic mass is 10.0. The number of nitrogens with two attached hydrogens (primary N) is 1. The van der Waals surface area contributed by atoms with Gasteiger partial charge in [-0.3, -0.25) is 0 Å². The normalized spacial score (nSPS) is 25.2. The van der Waals surface area contributed by atoms with E-state index in [1.807, 2.05) is 12.1 Å². The van der Waals surface area contributed by atoms with E-state index in [4.69, 9.17) is 10.5 Å². The van der Waals surface area contributed by atoms with Crippen LogP contribution in [0, 0.1) is 11.8 Å². The molecule has 2 N–H and O–H groups in total. The Morgan fingerprint density at radius 2 is 2.00 bits per heavy atom. The van der Waals surface area contributed by atoms with E-state index in [9.17, 15) is 0 Å². The number of benzene rings is 1. The lowest BCUT2D eigenvalue weighted by molar-refractivity contribution is 0.317. The van der Waals surface area contributed by atoms with Crippen molar-refractivity contribution >= 4 is 0 Å². The van der Waals surface area contributed by atoms with E-state index in [2.05, 4.69) is 26.0 Å². The molecule has 2 rings (SSSR count). The smallest absolute Gasteiger partial charge is 0.119 e. The standard InChI is InChI=1S/C14H21NO/c1-3-8-16-12-6-4-11(5-7-12)14(15)13-9-10(13)2/h4-7,10,13-14H,3,8-9,15H2,1-2H3. The third-order valence-electron chi connectivity index (χ3n) is 3.37. The maximum absolute atomic E-state index is 6.20. The lowest BCUT2D eigenvalue weighted by Crippen LogP contribution is -2.13. The van der Waals surface area contributed by atoms with Crippen LogP contribution in [0.3, 0.4) is 0 Å². The monoisotopic (exact) mass is 219 g/mol. The van der Waals surface area contributed by atoms with E-state index in [0.717, 1.165) is 24.7 Å². The number of hydrogen-bond donors (Lipinski definition) is 1. The van der Waals surface area contributed by atoms with Crippen molar-refractivity contribution < 1.29 is 4.74 Å². The molecule has 0 aliphatic heterocycles. The van der Waals surface area contributed by atoms with E-state index in [0.29, 0.717) is 5.92 Å². The van der Waals surface area contributed by atoms with Crippen molar-refractivity contribution in [2.24, 2.45) is 17.6 Å². The average molecular weight is 219 g/mol. The van der Waals surface area contributed by atoms with Gasteiger partial charge in [-0.2, -0.15) is 0 Å². The predicted octanol–water partition coefficient (Wildman–Crippen LogP) is 3.13. The summed E-state index contributed by atoms with van der Waals surface area (Å²) in [4.78, 5) is 0. The minimum atomic E-state index is 0.204. The quantitative estimate of drug-likeness (QED) is 0.825. The molecule has 2 heteroatoms. The van der Waals surface area contributed by atoms with E-state index >= 15 is 0 Å². The highest BCUT2D eigenvalue weighted by molar-refractivity contribution is 5.30. The second-order valence-electron chi connectivity index (χ2n) is 4.82. The molecule has 3 atom stereocenters. The molecule has 88 valence electrons. The van der Waals surface area contributed by atoms with Gasteiger partial charge in [-0.1, -0.05) is 26.0 Å². The first-order chi connectivity index (χ1) is 7.72. The molecule has 0 heterocycles.